The molecule has 4 N–H and O–H groups in total. The number of nitrogens with one attached hydrogen (secondary N) is 2. The summed E-state index contributed by atoms with van der Waals surface area (Å²) in [4.78, 5) is 12.2. The van der Waals surface area contributed by atoms with Gasteiger partial charge in [-0.05, 0) is 24.3 Å². The number of hydrogen-bond donors (Lipinski definition) is 3. The summed E-state index contributed by atoms with van der Waals surface area (Å²) in [5, 5.41) is 5.44. The van der Waals surface area contributed by atoms with Gasteiger partial charge in [0.2, 0.25) is 0 Å². The molecule has 0 unspecified atom stereocenters. The lowest BCUT2D eigenvalue weighted by Gasteiger charge is -2.09. The molecule has 0 aliphatic heterocycles. The molecule has 0 radical (unpaired) electrons. The fourth-order valence-electron chi connectivity index (χ4n) is 1.74. The highest BCUT2D eigenvalue weighted by Crippen LogP contribution is 2.17. The third kappa shape index (κ3) is 4.19. The van der Waals surface area contributed by atoms with Crippen molar-refractivity contribution in [3.05, 3.63) is 54.1 Å². The first kappa shape index (κ1) is 14.8. The fraction of sp³-hybridized carbons (Fsp3) is 0.0667. The maximum Gasteiger partial charge on any atom is 0.323 e. The summed E-state index contributed by atoms with van der Waals surface area (Å²) in [5.74, 6) is 0.670. The second-order valence-electron chi connectivity index (χ2n) is 4.26. The van der Waals surface area contributed by atoms with Crippen LogP contribution in [0.2, 0.25) is 0 Å². The Morgan fingerprint density at radius 3 is 2.33 bits per heavy atom. The monoisotopic (exact) mass is 301 g/mol. The zero-order chi connectivity index (χ0) is 15.2. The van der Waals surface area contributed by atoms with Gasteiger partial charge < -0.3 is 21.1 Å². The molecule has 0 atom stereocenters. The zero-order valence-corrected chi connectivity index (χ0v) is 12.2. The minimum Gasteiger partial charge on any atom is -0.497 e. The van der Waals surface area contributed by atoms with Gasteiger partial charge in [0, 0.05) is 23.0 Å². The molecule has 0 aliphatic rings. The third-order valence-electron chi connectivity index (χ3n) is 2.73. The van der Waals surface area contributed by atoms with Crippen molar-refractivity contribution < 1.29 is 9.53 Å². The van der Waals surface area contributed by atoms with E-state index < -0.39 is 0 Å². The molecule has 0 heterocycles. The van der Waals surface area contributed by atoms with Gasteiger partial charge in [0.15, 0.2) is 0 Å². The van der Waals surface area contributed by atoms with E-state index in [2.05, 4.69) is 10.6 Å². The van der Waals surface area contributed by atoms with Crippen molar-refractivity contribution in [1.29, 1.82) is 0 Å². The summed E-state index contributed by atoms with van der Waals surface area (Å²) in [6.45, 7) is 0. The van der Waals surface area contributed by atoms with Gasteiger partial charge in [-0.1, -0.05) is 30.4 Å². The summed E-state index contributed by atoms with van der Waals surface area (Å²) in [7, 11) is 1.57. The number of carbonyl (C=O) groups excluding carboxylic acids is 1. The van der Waals surface area contributed by atoms with Gasteiger partial charge in [0.1, 0.15) is 10.7 Å². The molecule has 108 valence electrons. The Hall–Kier alpha value is -2.60. The van der Waals surface area contributed by atoms with Crippen LogP contribution >= 0.6 is 12.2 Å². The van der Waals surface area contributed by atoms with Crippen LogP contribution < -0.4 is 21.1 Å². The van der Waals surface area contributed by atoms with E-state index in [1.165, 1.54) is 0 Å². The lowest BCUT2D eigenvalue weighted by molar-refractivity contribution is 0.262. The van der Waals surface area contributed by atoms with E-state index in [0.29, 0.717) is 22.7 Å². The van der Waals surface area contributed by atoms with Gasteiger partial charge in [-0.3, -0.25) is 0 Å². The molecule has 0 saturated heterocycles. The average molecular weight is 301 g/mol. The first-order valence-electron chi connectivity index (χ1n) is 6.20. The average Bonchev–Trinajstić information content (AvgIpc) is 2.47. The molecule has 0 bridgehead atoms. The van der Waals surface area contributed by atoms with Crippen LogP contribution in [0.25, 0.3) is 0 Å². The molecule has 0 aliphatic carbocycles. The number of benzene rings is 2. The summed E-state index contributed by atoms with van der Waals surface area (Å²) >= 11 is 4.90. The quantitative estimate of drug-likeness (QED) is 0.759. The Balaban J connectivity index is 2.04. The number of methoxy groups -OCH3 is 1. The lowest BCUT2D eigenvalue weighted by Crippen LogP contribution is -2.19. The number of carbonyl (C=O) groups is 1. The van der Waals surface area contributed by atoms with Crippen molar-refractivity contribution in [3.63, 3.8) is 0 Å². The number of hydrogen-bond acceptors (Lipinski definition) is 3. The molecule has 5 nitrogen and oxygen atoms in total. The second kappa shape index (κ2) is 6.71. The number of nitrogens with two attached hydrogens (primary N) is 1. The van der Waals surface area contributed by atoms with Crippen molar-refractivity contribution >= 4 is 34.6 Å². The van der Waals surface area contributed by atoms with Crippen LogP contribution in [0.5, 0.6) is 5.75 Å². The van der Waals surface area contributed by atoms with Crippen LogP contribution in [0.4, 0.5) is 16.2 Å². The Morgan fingerprint density at radius 2 is 1.71 bits per heavy atom. The first-order chi connectivity index (χ1) is 10.1. The number of anilines is 2. The molecule has 21 heavy (non-hydrogen) atoms. The van der Waals surface area contributed by atoms with E-state index in [1.54, 1.807) is 55.6 Å². The number of urea groups is 1. The molecule has 2 aromatic carbocycles. The summed E-state index contributed by atoms with van der Waals surface area (Å²) in [6.07, 6.45) is 0. The van der Waals surface area contributed by atoms with E-state index >= 15 is 0 Å². The van der Waals surface area contributed by atoms with Crippen LogP contribution in [-0.2, 0) is 0 Å². The summed E-state index contributed by atoms with van der Waals surface area (Å²) in [5.41, 5.74) is 7.50. The Kier molecular flexibility index (Phi) is 4.73. The molecule has 0 spiro atoms. The van der Waals surface area contributed by atoms with Crippen LogP contribution in [0.1, 0.15) is 5.56 Å². The van der Waals surface area contributed by atoms with Gasteiger partial charge >= 0.3 is 6.03 Å². The van der Waals surface area contributed by atoms with Crippen LogP contribution in [0, 0.1) is 0 Å². The first-order valence-corrected chi connectivity index (χ1v) is 6.61. The van der Waals surface area contributed by atoms with Gasteiger partial charge in [0.25, 0.3) is 0 Å². The standard InChI is InChI=1S/C15H15N3O2S/c1-20-13-7-3-6-12(9-13)18-15(19)17-11-5-2-4-10(8-11)14(16)21/h2-9H,1H3,(H2,16,21)(H2,17,18,19). The lowest BCUT2D eigenvalue weighted by atomic mass is 10.2. The number of rotatable bonds is 4. The Bertz CT molecular complexity index is 673. The van der Waals surface area contributed by atoms with Crippen molar-refractivity contribution in [1.82, 2.24) is 0 Å². The van der Waals surface area contributed by atoms with Crippen molar-refractivity contribution in [2.45, 2.75) is 0 Å². The normalized spacial score (nSPS) is 9.76. The fourth-order valence-corrected chi connectivity index (χ4v) is 1.87. The predicted molar refractivity (Wildman–Crippen MR) is 88.0 cm³/mol. The highest BCUT2D eigenvalue weighted by molar-refractivity contribution is 7.80. The minimum atomic E-state index is -0.358. The van der Waals surface area contributed by atoms with Crippen LogP contribution in [0.15, 0.2) is 48.5 Å². The van der Waals surface area contributed by atoms with Gasteiger partial charge in [0.05, 0.1) is 7.11 Å². The van der Waals surface area contributed by atoms with Crippen molar-refractivity contribution in [3.8, 4) is 5.75 Å². The van der Waals surface area contributed by atoms with Crippen LogP contribution in [0.3, 0.4) is 0 Å². The maximum absolute atomic E-state index is 11.9. The van der Waals surface area contributed by atoms with Gasteiger partial charge in [-0.2, -0.15) is 0 Å². The SMILES string of the molecule is COc1cccc(NC(=O)Nc2cccc(C(N)=S)c2)c1. The van der Waals surface area contributed by atoms with E-state index in [1.807, 2.05) is 0 Å². The number of amides is 2. The van der Waals surface area contributed by atoms with E-state index in [9.17, 15) is 4.79 Å². The van der Waals surface area contributed by atoms with E-state index in [0.717, 1.165) is 0 Å². The molecule has 0 fully saturated rings. The van der Waals surface area contributed by atoms with Crippen molar-refractivity contribution in [2.24, 2.45) is 5.73 Å². The van der Waals surface area contributed by atoms with E-state index in [-0.39, 0.29) is 11.0 Å². The zero-order valence-electron chi connectivity index (χ0n) is 11.4. The topological polar surface area (TPSA) is 76.4 Å². The number of ether oxygens (including phenoxy) is 1. The summed E-state index contributed by atoms with van der Waals surface area (Å²) in [6, 6.07) is 13.8. The number of thiocarbonyl (C=S) groups is 1. The Labute approximate surface area is 128 Å². The predicted octanol–water partition coefficient (Wildman–Crippen LogP) is 2.97. The van der Waals surface area contributed by atoms with Crippen LogP contribution in [-0.4, -0.2) is 18.1 Å². The summed E-state index contributed by atoms with van der Waals surface area (Å²) < 4.78 is 5.10. The highest BCUT2D eigenvalue weighted by atomic mass is 32.1. The third-order valence-corrected chi connectivity index (χ3v) is 2.97. The van der Waals surface area contributed by atoms with Crippen molar-refractivity contribution in [2.75, 3.05) is 17.7 Å². The maximum atomic E-state index is 11.9. The minimum absolute atomic E-state index is 0.284. The molecule has 0 saturated carbocycles. The largest absolute Gasteiger partial charge is 0.497 e. The molecule has 2 rings (SSSR count). The smallest absolute Gasteiger partial charge is 0.323 e. The molecule has 2 aromatic rings. The molecule has 6 heteroatoms. The Morgan fingerprint density at radius 1 is 1.10 bits per heavy atom. The van der Waals surface area contributed by atoms with Gasteiger partial charge in [-0.25, -0.2) is 4.79 Å². The second-order valence-corrected chi connectivity index (χ2v) is 4.70. The molecule has 2 amide bonds. The molecular weight excluding hydrogens is 286 g/mol. The van der Waals surface area contributed by atoms with Gasteiger partial charge in [-0.15, -0.1) is 0 Å². The highest BCUT2D eigenvalue weighted by Gasteiger charge is 2.05. The van der Waals surface area contributed by atoms with E-state index in [4.69, 9.17) is 22.7 Å². The molecular formula is C15H15N3O2S. The molecule has 0 aromatic heterocycles.